The number of carbonyl (C=O) groups is 1. The standard InChI is InChI=1S/C17H20N4O/c1-11-14(12(2)20-19-11)7-9-18-17(22)15-6-4-5-13-8-10-21(3)16(13)15/h4-6,8,10H,7,9H2,1-3H3,(H,18,22)(H,19,20). The molecule has 2 aromatic heterocycles. The van der Waals surface area contributed by atoms with Crippen molar-refractivity contribution in [2.75, 3.05) is 6.54 Å². The van der Waals surface area contributed by atoms with Crippen LogP contribution in [0.1, 0.15) is 27.3 Å². The topological polar surface area (TPSA) is 62.7 Å². The molecule has 1 aromatic carbocycles. The highest BCUT2D eigenvalue weighted by atomic mass is 16.1. The van der Waals surface area contributed by atoms with E-state index in [1.807, 2.05) is 55.9 Å². The molecule has 1 amide bonds. The summed E-state index contributed by atoms with van der Waals surface area (Å²) in [5.41, 5.74) is 4.92. The lowest BCUT2D eigenvalue weighted by atomic mass is 10.1. The summed E-state index contributed by atoms with van der Waals surface area (Å²) in [7, 11) is 1.96. The summed E-state index contributed by atoms with van der Waals surface area (Å²) in [6.45, 7) is 4.58. The first kappa shape index (κ1) is 14.4. The maximum absolute atomic E-state index is 12.5. The number of amides is 1. The molecular weight excluding hydrogens is 276 g/mol. The summed E-state index contributed by atoms with van der Waals surface area (Å²) in [4.78, 5) is 12.5. The fourth-order valence-corrected chi connectivity index (χ4v) is 2.88. The van der Waals surface area contributed by atoms with Gasteiger partial charge in [0.15, 0.2) is 0 Å². The zero-order valence-corrected chi connectivity index (χ0v) is 13.1. The summed E-state index contributed by atoms with van der Waals surface area (Å²) < 4.78 is 1.98. The van der Waals surface area contributed by atoms with E-state index in [4.69, 9.17) is 0 Å². The number of hydrogen-bond acceptors (Lipinski definition) is 2. The van der Waals surface area contributed by atoms with Gasteiger partial charge in [-0.2, -0.15) is 5.10 Å². The molecule has 0 fully saturated rings. The number of H-pyrrole nitrogens is 1. The number of hydrogen-bond donors (Lipinski definition) is 2. The second kappa shape index (κ2) is 5.67. The van der Waals surface area contributed by atoms with Crippen molar-refractivity contribution in [2.45, 2.75) is 20.3 Å². The van der Waals surface area contributed by atoms with Gasteiger partial charge in [-0.05, 0) is 38.0 Å². The maximum Gasteiger partial charge on any atom is 0.253 e. The molecule has 0 aliphatic carbocycles. The fourth-order valence-electron chi connectivity index (χ4n) is 2.88. The number of nitrogens with zero attached hydrogens (tertiary/aromatic N) is 2. The Hall–Kier alpha value is -2.56. The number of nitrogens with one attached hydrogen (secondary N) is 2. The van der Waals surface area contributed by atoms with Crippen LogP contribution in [0.15, 0.2) is 30.5 Å². The number of fused-ring (bicyclic) bond motifs is 1. The Morgan fingerprint density at radius 3 is 2.86 bits per heavy atom. The van der Waals surface area contributed by atoms with Crippen LogP contribution in [-0.2, 0) is 13.5 Å². The molecule has 0 saturated heterocycles. The molecule has 0 bridgehead atoms. The highest BCUT2D eigenvalue weighted by Crippen LogP contribution is 2.19. The molecule has 0 unspecified atom stereocenters. The second-order valence-electron chi connectivity index (χ2n) is 5.59. The highest BCUT2D eigenvalue weighted by Gasteiger charge is 2.12. The van der Waals surface area contributed by atoms with E-state index in [1.54, 1.807) is 0 Å². The van der Waals surface area contributed by atoms with Crippen molar-refractivity contribution < 1.29 is 4.79 Å². The van der Waals surface area contributed by atoms with E-state index in [0.717, 1.165) is 28.7 Å². The largest absolute Gasteiger partial charge is 0.352 e. The Balaban J connectivity index is 1.73. The molecule has 0 saturated carbocycles. The van der Waals surface area contributed by atoms with Crippen LogP contribution in [0.25, 0.3) is 10.9 Å². The average Bonchev–Trinajstić information content (AvgIpc) is 3.04. The Bertz CT molecular complexity index is 809. The van der Waals surface area contributed by atoms with E-state index in [2.05, 4.69) is 15.5 Å². The molecular formula is C17H20N4O. The van der Waals surface area contributed by atoms with Gasteiger partial charge in [0.25, 0.3) is 5.91 Å². The van der Waals surface area contributed by atoms with Gasteiger partial charge in [0.05, 0.1) is 16.8 Å². The maximum atomic E-state index is 12.5. The van der Waals surface area contributed by atoms with Gasteiger partial charge in [-0.25, -0.2) is 0 Å². The molecule has 0 aliphatic heterocycles. The molecule has 2 N–H and O–H groups in total. The van der Waals surface area contributed by atoms with E-state index >= 15 is 0 Å². The molecule has 0 radical (unpaired) electrons. The van der Waals surface area contributed by atoms with Crippen molar-refractivity contribution in [2.24, 2.45) is 7.05 Å². The van der Waals surface area contributed by atoms with Crippen molar-refractivity contribution in [3.8, 4) is 0 Å². The number of carbonyl (C=O) groups excluding carboxylic acids is 1. The predicted octanol–water partition coefficient (Wildman–Crippen LogP) is 2.49. The van der Waals surface area contributed by atoms with Crippen molar-refractivity contribution in [1.29, 1.82) is 0 Å². The third-order valence-corrected chi connectivity index (χ3v) is 4.08. The summed E-state index contributed by atoms with van der Waals surface area (Å²) in [5.74, 6) is -0.0359. The van der Waals surface area contributed by atoms with Crippen LogP contribution in [0.4, 0.5) is 0 Å². The minimum absolute atomic E-state index is 0.0359. The molecule has 3 aromatic rings. The van der Waals surface area contributed by atoms with E-state index in [0.29, 0.717) is 12.1 Å². The summed E-state index contributed by atoms with van der Waals surface area (Å²) in [5, 5.41) is 11.2. The van der Waals surface area contributed by atoms with Crippen LogP contribution in [0.2, 0.25) is 0 Å². The van der Waals surface area contributed by atoms with Gasteiger partial charge in [-0.15, -0.1) is 0 Å². The molecule has 0 spiro atoms. The number of aromatic amines is 1. The van der Waals surface area contributed by atoms with Crippen LogP contribution < -0.4 is 5.32 Å². The molecule has 114 valence electrons. The third kappa shape index (κ3) is 2.50. The summed E-state index contributed by atoms with van der Waals surface area (Å²) in [6.07, 6.45) is 2.75. The monoisotopic (exact) mass is 296 g/mol. The van der Waals surface area contributed by atoms with Crippen LogP contribution >= 0.6 is 0 Å². The molecule has 0 aliphatic rings. The quantitative estimate of drug-likeness (QED) is 0.777. The zero-order chi connectivity index (χ0) is 15.7. The van der Waals surface area contributed by atoms with Crippen LogP contribution in [0.3, 0.4) is 0 Å². The van der Waals surface area contributed by atoms with E-state index in [1.165, 1.54) is 5.56 Å². The first-order valence-corrected chi connectivity index (χ1v) is 7.40. The molecule has 2 heterocycles. The number of aromatic nitrogens is 3. The van der Waals surface area contributed by atoms with Crippen LogP contribution in [0, 0.1) is 13.8 Å². The van der Waals surface area contributed by atoms with Crippen molar-refractivity contribution in [1.82, 2.24) is 20.1 Å². The summed E-state index contributed by atoms with van der Waals surface area (Å²) in [6, 6.07) is 7.82. The van der Waals surface area contributed by atoms with Crippen molar-refractivity contribution >= 4 is 16.8 Å². The first-order chi connectivity index (χ1) is 10.6. The van der Waals surface area contributed by atoms with E-state index in [-0.39, 0.29) is 5.91 Å². The van der Waals surface area contributed by atoms with E-state index < -0.39 is 0 Å². The third-order valence-electron chi connectivity index (χ3n) is 4.08. The SMILES string of the molecule is Cc1n[nH]c(C)c1CCNC(=O)c1cccc2ccn(C)c12. The number of para-hydroxylation sites is 1. The van der Waals surface area contributed by atoms with Crippen LogP contribution in [-0.4, -0.2) is 27.2 Å². The smallest absolute Gasteiger partial charge is 0.253 e. The number of rotatable bonds is 4. The Morgan fingerprint density at radius 2 is 2.14 bits per heavy atom. The van der Waals surface area contributed by atoms with Crippen LogP contribution in [0.5, 0.6) is 0 Å². The first-order valence-electron chi connectivity index (χ1n) is 7.40. The van der Waals surface area contributed by atoms with E-state index in [9.17, 15) is 4.79 Å². The lowest BCUT2D eigenvalue weighted by molar-refractivity contribution is 0.0955. The van der Waals surface area contributed by atoms with Gasteiger partial charge in [-0.1, -0.05) is 12.1 Å². The van der Waals surface area contributed by atoms with Gasteiger partial charge < -0.3 is 9.88 Å². The van der Waals surface area contributed by atoms with Gasteiger partial charge in [0.2, 0.25) is 0 Å². The Morgan fingerprint density at radius 1 is 1.32 bits per heavy atom. The lowest BCUT2D eigenvalue weighted by Crippen LogP contribution is -2.26. The average molecular weight is 296 g/mol. The number of benzene rings is 1. The Kier molecular flexibility index (Phi) is 3.71. The van der Waals surface area contributed by atoms with Gasteiger partial charge in [-0.3, -0.25) is 9.89 Å². The van der Waals surface area contributed by atoms with Gasteiger partial charge in [0.1, 0.15) is 0 Å². The second-order valence-corrected chi connectivity index (χ2v) is 5.59. The molecule has 3 rings (SSSR count). The van der Waals surface area contributed by atoms with Gasteiger partial charge in [0, 0.05) is 30.9 Å². The van der Waals surface area contributed by atoms with Crippen molar-refractivity contribution in [3.05, 3.63) is 53.0 Å². The molecule has 5 nitrogen and oxygen atoms in total. The summed E-state index contributed by atoms with van der Waals surface area (Å²) >= 11 is 0. The minimum Gasteiger partial charge on any atom is -0.352 e. The molecule has 5 heteroatoms. The predicted molar refractivity (Wildman–Crippen MR) is 87.0 cm³/mol. The minimum atomic E-state index is -0.0359. The number of aryl methyl sites for hydroxylation is 3. The molecule has 22 heavy (non-hydrogen) atoms. The van der Waals surface area contributed by atoms with Gasteiger partial charge >= 0.3 is 0 Å². The fraction of sp³-hybridized carbons (Fsp3) is 0.294. The normalized spacial score (nSPS) is 11.0. The zero-order valence-electron chi connectivity index (χ0n) is 13.1. The highest BCUT2D eigenvalue weighted by molar-refractivity contribution is 6.05. The Labute approximate surface area is 129 Å². The molecule has 0 atom stereocenters. The van der Waals surface area contributed by atoms with Crippen molar-refractivity contribution in [3.63, 3.8) is 0 Å². The lowest BCUT2D eigenvalue weighted by Gasteiger charge is -2.08.